The highest BCUT2D eigenvalue weighted by Gasteiger charge is 2.26. The molecule has 1 amide bonds. The number of anilines is 1. The number of rotatable bonds is 8. The van der Waals surface area contributed by atoms with Gasteiger partial charge in [-0.05, 0) is 49.6 Å². The highest BCUT2D eigenvalue weighted by Crippen LogP contribution is 2.32. The molecule has 0 bridgehead atoms. The summed E-state index contributed by atoms with van der Waals surface area (Å²) in [6.45, 7) is 1.14. The first-order valence-electron chi connectivity index (χ1n) is 10.2. The van der Waals surface area contributed by atoms with Crippen molar-refractivity contribution in [2.45, 2.75) is 36.7 Å². The van der Waals surface area contributed by atoms with Gasteiger partial charge in [0.1, 0.15) is 0 Å². The fourth-order valence-corrected chi connectivity index (χ4v) is 6.45. The van der Waals surface area contributed by atoms with Crippen LogP contribution < -0.4 is 4.90 Å². The van der Waals surface area contributed by atoms with Crippen molar-refractivity contribution in [1.82, 2.24) is 4.98 Å². The van der Waals surface area contributed by atoms with Gasteiger partial charge in [0, 0.05) is 17.5 Å². The molecule has 1 aromatic heterocycles. The van der Waals surface area contributed by atoms with Crippen LogP contribution >= 0.6 is 27.3 Å². The molecule has 31 heavy (non-hydrogen) atoms. The number of hydrogen-bond donors (Lipinski definition) is 0. The van der Waals surface area contributed by atoms with Crippen LogP contribution in [-0.4, -0.2) is 44.3 Å². The van der Waals surface area contributed by atoms with Gasteiger partial charge in [0.25, 0.3) is 0 Å². The van der Waals surface area contributed by atoms with Gasteiger partial charge in [-0.2, -0.15) is 0 Å². The minimum atomic E-state index is -3.41. The number of benzene rings is 2. The zero-order valence-corrected chi connectivity index (χ0v) is 20.1. The van der Waals surface area contributed by atoms with Gasteiger partial charge >= 0.3 is 0 Å². The summed E-state index contributed by atoms with van der Waals surface area (Å²) < 4.78 is 32.7. The largest absolute Gasteiger partial charge is 0.376 e. The number of sulfone groups is 1. The van der Waals surface area contributed by atoms with E-state index in [4.69, 9.17) is 4.74 Å². The average molecular weight is 523 g/mol. The van der Waals surface area contributed by atoms with Crippen molar-refractivity contribution in [2.24, 2.45) is 0 Å². The Morgan fingerprint density at radius 3 is 2.77 bits per heavy atom. The topological polar surface area (TPSA) is 76.6 Å². The van der Waals surface area contributed by atoms with E-state index in [-0.39, 0.29) is 35.5 Å². The van der Waals surface area contributed by atoms with Crippen LogP contribution in [0.5, 0.6) is 0 Å². The second-order valence-corrected chi connectivity index (χ2v) is 11.5. The molecule has 0 radical (unpaired) electrons. The van der Waals surface area contributed by atoms with E-state index in [1.807, 2.05) is 18.2 Å². The minimum Gasteiger partial charge on any atom is -0.376 e. The summed E-state index contributed by atoms with van der Waals surface area (Å²) in [6, 6.07) is 14.2. The van der Waals surface area contributed by atoms with Crippen molar-refractivity contribution in [3.8, 4) is 0 Å². The second kappa shape index (κ2) is 9.77. The summed E-state index contributed by atoms with van der Waals surface area (Å²) in [5, 5.41) is 0.625. The van der Waals surface area contributed by atoms with E-state index >= 15 is 0 Å². The summed E-state index contributed by atoms with van der Waals surface area (Å²) >= 11 is 4.93. The molecule has 9 heteroatoms. The van der Waals surface area contributed by atoms with Gasteiger partial charge in [0.2, 0.25) is 5.91 Å². The Bertz CT molecular complexity index is 1160. The predicted molar refractivity (Wildman–Crippen MR) is 126 cm³/mol. The molecule has 0 saturated carbocycles. The molecule has 0 aliphatic carbocycles. The Morgan fingerprint density at radius 1 is 1.23 bits per heavy atom. The number of halogens is 1. The monoisotopic (exact) mass is 522 g/mol. The zero-order chi connectivity index (χ0) is 21.8. The Labute approximate surface area is 194 Å². The van der Waals surface area contributed by atoms with E-state index in [0.717, 1.165) is 27.5 Å². The van der Waals surface area contributed by atoms with Crippen molar-refractivity contribution in [3.05, 3.63) is 53.0 Å². The Kier molecular flexibility index (Phi) is 7.05. The van der Waals surface area contributed by atoms with E-state index in [2.05, 4.69) is 20.9 Å². The first-order valence-corrected chi connectivity index (χ1v) is 13.4. The molecule has 1 unspecified atom stereocenters. The molecule has 2 heterocycles. The highest BCUT2D eigenvalue weighted by molar-refractivity contribution is 9.10. The van der Waals surface area contributed by atoms with Gasteiger partial charge in [-0.25, -0.2) is 13.4 Å². The second-order valence-electron chi connectivity index (χ2n) is 7.48. The van der Waals surface area contributed by atoms with Gasteiger partial charge in [0.15, 0.2) is 15.0 Å². The van der Waals surface area contributed by atoms with Crippen LogP contribution in [-0.2, 0) is 19.4 Å². The van der Waals surface area contributed by atoms with Gasteiger partial charge in [-0.15, -0.1) is 0 Å². The van der Waals surface area contributed by atoms with E-state index < -0.39 is 9.84 Å². The van der Waals surface area contributed by atoms with Crippen molar-refractivity contribution >= 4 is 58.4 Å². The van der Waals surface area contributed by atoms with Crippen molar-refractivity contribution in [3.63, 3.8) is 0 Å². The average Bonchev–Trinajstić information content (AvgIpc) is 3.41. The molecule has 1 aliphatic rings. The molecule has 164 valence electrons. The molecular formula is C22H23BrN2O4S2. The molecule has 3 aromatic rings. The number of carbonyl (C=O) groups is 1. The number of nitrogens with zero attached hydrogens (tertiary/aromatic N) is 2. The van der Waals surface area contributed by atoms with Crippen LogP contribution in [0, 0.1) is 0 Å². The molecule has 6 nitrogen and oxygen atoms in total. The van der Waals surface area contributed by atoms with Crippen LogP contribution in [0.2, 0.25) is 0 Å². The third-order valence-electron chi connectivity index (χ3n) is 5.19. The fourth-order valence-electron chi connectivity index (χ4n) is 3.57. The summed E-state index contributed by atoms with van der Waals surface area (Å²) in [6.07, 6.45) is 2.26. The van der Waals surface area contributed by atoms with Gasteiger partial charge in [0.05, 0.1) is 33.5 Å². The zero-order valence-electron chi connectivity index (χ0n) is 16.9. The van der Waals surface area contributed by atoms with Gasteiger partial charge in [-0.3, -0.25) is 9.69 Å². The van der Waals surface area contributed by atoms with E-state index in [9.17, 15) is 13.2 Å². The Balaban J connectivity index is 1.48. The maximum absolute atomic E-state index is 13.1. The van der Waals surface area contributed by atoms with Crippen molar-refractivity contribution < 1.29 is 17.9 Å². The number of fused-ring (bicyclic) bond motifs is 1. The predicted octanol–water partition coefficient (Wildman–Crippen LogP) is 4.82. The number of aromatic nitrogens is 1. The van der Waals surface area contributed by atoms with Crippen LogP contribution in [0.4, 0.5) is 5.13 Å². The molecule has 0 spiro atoms. The lowest BCUT2D eigenvalue weighted by atomic mass is 10.2. The normalized spacial score (nSPS) is 16.6. The molecule has 1 atom stereocenters. The summed E-state index contributed by atoms with van der Waals surface area (Å²) in [7, 11) is -3.41. The standard InChI is InChI=1S/C22H23BrN2O4S2/c23-16-10-11-19-20(14-16)30-22(24-19)25(15-17-6-4-12-29-17)21(26)9-5-13-31(27,28)18-7-2-1-3-8-18/h1-3,7-8,10-11,14,17H,4-6,9,12-13,15H2. The quantitative estimate of drug-likeness (QED) is 0.423. The lowest BCUT2D eigenvalue weighted by Crippen LogP contribution is -2.37. The van der Waals surface area contributed by atoms with E-state index in [0.29, 0.717) is 18.3 Å². The van der Waals surface area contributed by atoms with Gasteiger partial charge in [-0.1, -0.05) is 45.5 Å². The molecular weight excluding hydrogens is 500 g/mol. The third-order valence-corrected chi connectivity index (χ3v) is 8.54. The summed E-state index contributed by atoms with van der Waals surface area (Å²) in [5.74, 6) is -0.194. The minimum absolute atomic E-state index is 0.0178. The van der Waals surface area contributed by atoms with Crippen LogP contribution in [0.3, 0.4) is 0 Å². The van der Waals surface area contributed by atoms with Crippen LogP contribution in [0.15, 0.2) is 57.9 Å². The number of thiazole rings is 1. The summed E-state index contributed by atoms with van der Waals surface area (Å²) in [5.41, 5.74) is 0.833. The number of hydrogen-bond acceptors (Lipinski definition) is 6. The lowest BCUT2D eigenvalue weighted by molar-refractivity contribution is -0.119. The SMILES string of the molecule is O=C(CCCS(=O)(=O)c1ccccc1)N(CC1CCCO1)c1nc2ccc(Br)cc2s1. The number of carbonyl (C=O) groups excluding carboxylic acids is 1. The first kappa shape index (κ1) is 22.4. The Hall–Kier alpha value is -1.81. The number of amides is 1. The Morgan fingerprint density at radius 2 is 2.03 bits per heavy atom. The van der Waals surface area contributed by atoms with Crippen LogP contribution in [0.25, 0.3) is 10.2 Å². The molecule has 1 aliphatic heterocycles. The van der Waals surface area contributed by atoms with Crippen LogP contribution in [0.1, 0.15) is 25.7 Å². The van der Waals surface area contributed by atoms with E-state index in [1.165, 1.54) is 11.3 Å². The van der Waals surface area contributed by atoms with Crippen molar-refractivity contribution in [2.75, 3.05) is 23.8 Å². The first-order chi connectivity index (χ1) is 14.9. The highest BCUT2D eigenvalue weighted by atomic mass is 79.9. The maximum Gasteiger partial charge on any atom is 0.228 e. The molecule has 2 aromatic carbocycles. The molecule has 1 saturated heterocycles. The lowest BCUT2D eigenvalue weighted by Gasteiger charge is -2.23. The van der Waals surface area contributed by atoms with Gasteiger partial charge < -0.3 is 4.74 Å². The third kappa shape index (κ3) is 5.52. The van der Waals surface area contributed by atoms with Crippen molar-refractivity contribution in [1.29, 1.82) is 0 Å². The van der Waals surface area contributed by atoms with E-state index in [1.54, 1.807) is 35.2 Å². The molecule has 0 N–H and O–H groups in total. The summed E-state index contributed by atoms with van der Waals surface area (Å²) in [4.78, 5) is 19.7. The molecule has 1 fully saturated rings. The fraction of sp³-hybridized carbons (Fsp3) is 0.364. The maximum atomic E-state index is 13.1. The number of ether oxygens (including phenoxy) is 1. The molecule has 4 rings (SSSR count). The smallest absolute Gasteiger partial charge is 0.228 e.